The molecule has 2 aliphatic rings. The molecule has 4 amide bonds. The molecule has 0 bridgehead atoms. The van der Waals surface area contributed by atoms with Crippen molar-refractivity contribution in [1.29, 1.82) is 0 Å². The summed E-state index contributed by atoms with van der Waals surface area (Å²) >= 11 is 7.82. The number of fused-ring (bicyclic) bond motifs is 3. The average molecular weight is 630 g/mol. The van der Waals surface area contributed by atoms with E-state index in [2.05, 4.69) is 40.0 Å². The number of unbranched alkanes of at least 4 members (excludes halogenated alkanes) is 1. The molecule has 11 nitrogen and oxygen atoms in total. The fourth-order valence-electron chi connectivity index (χ4n) is 4.96. The van der Waals surface area contributed by atoms with E-state index in [1.807, 2.05) is 35.8 Å². The molecule has 0 radical (unpaired) electrons. The highest BCUT2D eigenvalue weighted by Crippen LogP contribution is 2.39. The van der Waals surface area contributed by atoms with Crippen LogP contribution in [0.5, 0.6) is 0 Å². The predicted octanol–water partition coefficient (Wildman–Crippen LogP) is 3.12. The van der Waals surface area contributed by atoms with Gasteiger partial charge >= 0.3 is 0 Å². The number of thiophene rings is 1. The number of carbonyl (C=O) groups is 4. The van der Waals surface area contributed by atoms with Gasteiger partial charge in [-0.05, 0) is 51.3 Å². The number of aromatic nitrogens is 3. The fourth-order valence-corrected chi connectivity index (χ4v) is 6.30. The van der Waals surface area contributed by atoms with Gasteiger partial charge in [-0.15, -0.1) is 21.5 Å². The number of carbonyl (C=O) groups excluding carboxylic acids is 4. The molecule has 3 N–H and O–H groups in total. The Morgan fingerprint density at radius 2 is 1.83 bits per heavy atom. The largest absolute Gasteiger partial charge is 0.356 e. The van der Waals surface area contributed by atoms with Gasteiger partial charge in [0, 0.05) is 34.0 Å². The molecule has 1 saturated heterocycles. The Morgan fingerprint density at radius 1 is 1.10 bits per heavy atom. The van der Waals surface area contributed by atoms with Crippen molar-refractivity contribution in [2.75, 3.05) is 6.54 Å². The summed E-state index contributed by atoms with van der Waals surface area (Å²) in [5, 5.41) is 18.0. The lowest BCUT2D eigenvalue weighted by Gasteiger charge is -2.13. The van der Waals surface area contributed by atoms with Gasteiger partial charge in [-0.3, -0.25) is 34.1 Å². The zero-order valence-electron chi connectivity index (χ0n) is 23.4. The number of rotatable bonds is 9. The van der Waals surface area contributed by atoms with Gasteiger partial charge in [-0.2, -0.15) is 13.5 Å². The summed E-state index contributed by atoms with van der Waals surface area (Å²) in [7, 11) is 0. The van der Waals surface area contributed by atoms with E-state index >= 15 is 0 Å². The molecular formula is C28H32ClN7O4S2. The maximum absolute atomic E-state index is 13.0. The van der Waals surface area contributed by atoms with Crippen LogP contribution in [0.25, 0.3) is 5.00 Å². The van der Waals surface area contributed by atoms with E-state index in [1.54, 1.807) is 11.3 Å². The van der Waals surface area contributed by atoms with Crippen LogP contribution in [0.3, 0.4) is 0 Å². The van der Waals surface area contributed by atoms with Crippen molar-refractivity contribution in [3.63, 3.8) is 0 Å². The molecule has 2 aromatic heterocycles. The van der Waals surface area contributed by atoms with Crippen molar-refractivity contribution in [2.24, 2.45) is 4.99 Å². The van der Waals surface area contributed by atoms with Crippen LogP contribution < -0.4 is 16.0 Å². The molecule has 4 heterocycles. The Labute approximate surface area is 259 Å². The molecule has 0 unspecified atom stereocenters. The molecule has 5 rings (SSSR count). The van der Waals surface area contributed by atoms with Gasteiger partial charge in [0.2, 0.25) is 23.6 Å². The average Bonchev–Trinajstić information content (AvgIpc) is 3.52. The Bertz CT molecular complexity index is 1560. The first-order valence-electron chi connectivity index (χ1n) is 13.4. The second kappa shape index (κ2) is 13.2. The third kappa shape index (κ3) is 6.58. The van der Waals surface area contributed by atoms with E-state index < -0.39 is 23.9 Å². The van der Waals surface area contributed by atoms with Crippen LogP contribution in [-0.2, 0) is 19.2 Å². The lowest BCUT2D eigenvalue weighted by atomic mass is 9.99. The molecule has 3 aromatic rings. The minimum Gasteiger partial charge on any atom is -0.356 e. The normalized spacial score (nSPS) is 17.4. The van der Waals surface area contributed by atoms with Gasteiger partial charge in [-0.1, -0.05) is 23.7 Å². The van der Waals surface area contributed by atoms with Crippen molar-refractivity contribution in [3.8, 4) is 5.00 Å². The lowest BCUT2D eigenvalue weighted by Crippen LogP contribution is -2.40. The molecule has 14 heteroatoms. The lowest BCUT2D eigenvalue weighted by molar-refractivity contribution is -0.128. The standard InChI is InChI=1S/C28H30ClN7O4S.H2S/c1-14-15(2)41-28-24(14)25(17-7-9-18(29)10-8-17)32-19(26-35-34-16(3)36(26)28)12-22(38)30-11-5-4-6-21(37)31-20-13-23(39)33-27(20)40;/h7-10,19-20H,4-6,11-13H2,1-3H3,(H,30,38)(H,31,37)(H,33,39,40);1H2/t19-,20+;/m1./s1. The summed E-state index contributed by atoms with van der Waals surface area (Å²) in [6, 6.07) is 6.15. The number of halogens is 1. The first-order chi connectivity index (χ1) is 19.6. The topological polar surface area (TPSA) is 147 Å². The second-order valence-corrected chi connectivity index (χ2v) is 11.8. The van der Waals surface area contributed by atoms with Crippen LogP contribution >= 0.6 is 36.4 Å². The van der Waals surface area contributed by atoms with Gasteiger partial charge in [0.05, 0.1) is 18.6 Å². The molecule has 2 atom stereocenters. The van der Waals surface area contributed by atoms with E-state index in [-0.39, 0.29) is 44.6 Å². The second-order valence-electron chi connectivity index (χ2n) is 10.2. The quantitative estimate of drug-likeness (QED) is 0.245. The van der Waals surface area contributed by atoms with Gasteiger partial charge in [0.25, 0.3) is 0 Å². The van der Waals surface area contributed by atoms with E-state index in [4.69, 9.17) is 16.6 Å². The maximum Gasteiger partial charge on any atom is 0.249 e. The minimum atomic E-state index is -0.810. The molecule has 2 aliphatic heterocycles. The molecule has 1 aromatic carbocycles. The van der Waals surface area contributed by atoms with Gasteiger partial charge in [-0.25, -0.2) is 0 Å². The summed E-state index contributed by atoms with van der Waals surface area (Å²) in [4.78, 5) is 54.3. The number of benzene rings is 1. The van der Waals surface area contributed by atoms with Gasteiger partial charge < -0.3 is 10.6 Å². The fraction of sp³-hybridized carbons (Fsp3) is 0.393. The van der Waals surface area contributed by atoms with Crippen molar-refractivity contribution in [2.45, 2.75) is 65.0 Å². The number of nitrogens with one attached hydrogen (secondary N) is 3. The molecule has 222 valence electrons. The Kier molecular flexibility index (Phi) is 9.85. The number of aryl methyl sites for hydroxylation is 2. The van der Waals surface area contributed by atoms with Crippen LogP contribution in [0.2, 0.25) is 5.02 Å². The summed E-state index contributed by atoms with van der Waals surface area (Å²) in [5.41, 5.74) is 3.80. The van der Waals surface area contributed by atoms with Crippen molar-refractivity contribution in [3.05, 3.63) is 62.5 Å². The summed E-state index contributed by atoms with van der Waals surface area (Å²) in [6.45, 7) is 6.42. The highest BCUT2D eigenvalue weighted by Gasteiger charge is 2.33. The van der Waals surface area contributed by atoms with E-state index in [9.17, 15) is 19.2 Å². The number of aliphatic imine (C=N–C) groups is 1. The van der Waals surface area contributed by atoms with Crippen LogP contribution in [0.4, 0.5) is 0 Å². The third-order valence-electron chi connectivity index (χ3n) is 7.19. The van der Waals surface area contributed by atoms with Crippen molar-refractivity contribution >= 4 is 65.8 Å². The summed E-state index contributed by atoms with van der Waals surface area (Å²) in [5.74, 6) is -0.0436. The SMILES string of the molecule is Cc1sc2c(c1C)C(c1ccc(Cl)cc1)=N[C@H](CC(=O)NCCCCC(=O)N[C@H]1CC(=O)NC1=O)c1nnc(C)n1-2.S. The molecule has 0 spiro atoms. The number of hydrogen-bond donors (Lipinski definition) is 3. The molecule has 0 aliphatic carbocycles. The van der Waals surface area contributed by atoms with Crippen molar-refractivity contribution < 1.29 is 19.2 Å². The highest BCUT2D eigenvalue weighted by molar-refractivity contribution is 7.59. The maximum atomic E-state index is 13.0. The van der Waals surface area contributed by atoms with E-state index in [0.29, 0.717) is 30.2 Å². The molecule has 1 fully saturated rings. The molecule has 42 heavy (non-hydrogen) atoms. The van der Waals surface area contributed by atoms with Crippen LogP contribution in [-0.4, -0.2) is 56.7 Å². The Hall–Kier alpha value is -3.55. The van der Waals surface area contributed by atoms with Crippen LogP contribution in [0.1, 0.15) is 71.4 Å². The number of imide groups is 1. The van der Waals surface area contributed by atoms with Crippen LogP contribution in [0, 0.1) is 20.8 Å². The molecular weight excluding hydrogens is 598 g/mol. The third-order valence-corrected chi connectivity index (χ3v) is 8.64. The first kappa shape index (κ1) is 31.4. The van der Waals surface area contributed by atoms with Crippen molar-refractivity contribution in [1.82, 2.24) is 30.7 Å². The number of nitrogens with zero attached hydrogens (tertiary/aromatic N) is 4. The highest BCUT2D eigenvalue weighted by atomic mass is 35.5. The van der Waals surface area contributed by atoms with Gasteiger partial charge in [0.15, 0.2) is 5.82 Å². The zero-order chi connectivity index (χ0) is 29.3. The summed E-state index contributed by atoms with van der Waals surface area (Å²) < 4.78 is 2.00. The molecule has 0 saturated carbocycles. The monoisotopic (exact) mass is 629 g/mol. The smallest absolute Gasteiger partial charge is 0.249 e. The first-order valence-corrected chi connectivity index (χ1v) is 14.6. The van der Waals surface area contributed by atoms with Gasteiger partial charge in [0.1, 0.15) is 22.9 Å². The Morgan fingerprint density at radius 3 is 2.52 bits per heavy atom. The minimum absolute atomic E-state index is 0. The summed E-state index contributed by atoms with van der Waals surface area (Å²) in [6.07, 6.45) is 1.32. The van der Waals surface area contributed by atoms with Crippen LogP contribution in [0.15, 0.2) is 29.3 Å². The predicted molar refractivity (Wildman–Crippen MR) is 165 cm³/mol. The number of hydrogen-bond acceptors (Lipinski definition) is 8. The zero-order valence-corrected chi connectivity index (χ0v) is 26.0. The Balaban J connectivity index is 0.00000405. The van der Waals surface area contributed by atoms with E-state index in [1.165, 1.54) is 4.88 Å². The number of amides is 4. The van der Waals surface area contributed by atoms with E-state index in [0.717, 1.165) is 33.2 Å².